The summed E-state index contributed by atoms with van der Waals surface area (Å²) in [5, 5.41) is 0. The van der Waals surface area contributed by atoms with Crippen molar-refractivity contribution in [1.82, 2.24) is 4.90 Å². The molecule has 1 aliphatic heterocycles. The summed E-state index contributed by atoms with van der Waals surface area (Å²) >= 11 is 0. The monoisotopic (exact) mass is 262 g/mol. The number of rotatable bonds is 1. The molecule has 0 aromatic heterocycles. The molecule has 0 spiro atoms. The number of fused-ring (bicyclic) bond motifs is 2. The minimum atomic E-state index is -0.307. The molecule has 1 saturated heterocycles. The molecule has 2 fully saturated rings. The molecule has 4 heteroatoms. The Morgan fingerprint density at radius 1 is 1.11 bits per heavy atom. The second-order valence-electron chi connectivity index (χ2n) is 5.92. The standard InChI is InChI=1S/C15H19FN2O/c16-13-3-1-12(2-4-13)15(19)18-8-10-5-11(9-18)7-14(17)6-10/h1-4,10-11,14H,5-9,17H2. The lowest BCUT2D eigenvalue weighted by Gasteiger charge is -2.43. The summed E-state index contributed by atoms with van der Waals surface area (Å²) in [5.41, 5.74) is 6.60. The maximum absolute atomic E-state index is 12.9. The lowest BCUT2D eigenvalue weighted by molar-refractivity contribution is 0.0475. The second kappa shape index (κ2) is 4.93. The Bertz CT molecular complexity index is 456. The van der Waals surface area contributed by atoms with Gasteiger partial charge in [-0.1, -0.05) is 0 Å². The molecule has 102 valence electrons. The Hall–Kier alpha value is -1.42. The number of amides is 1. The van der Waals surface area contributed by atoms with Crippen LogP contribution in [-0.4, -0.2) is 29.9 Å². The van der Waals surface area contributed by atoms with E-state index in [2.05, 4.69) is 0 Å². The van der Waals surface area contributed by atoms with E-state index in [1.54, 1.807) is 12.1 Å². The summed E-state index contributed by atoms with van der Waals surface area (Å²) in [6.07, 6.45) is 3.23. The van der Waals surface area contributed by atoms with Crippen molar-refractivity contribution in [1.29, 1.82) is 0 Å². The van der Waals surface area contributed by atoms with E-state index in [9.17, 15) is 9.18 Å². The van der Waals surface area contributed by atoms with Crippen LogP contribution in [0.25, 0.3) is 0 Å². The number of halogens is 1. The Kier molecular flexibility index (Phi) is 3.27. The molecule has 2 unspecified atom stereocenters. The van der Waals surface area contributed by atoms with Gasteiger partial charge in [0.05, 0.1) is 0 Å². The summed E-state index contributed by atoms with van der Waals surface area (Å²) in [5.74, 6) is 0.780. The Balaban J connectivity index is 1.73. The molecular formula is C15H19FN2O. The van der Waals surface area contributed by atoms with Crippen molar-refractivity contribution >= 4 is 5.91 Å². The molecule has 0 radical (unpaired) electrons. The zero-order valence-corrected chi connectivity index (χ0v) is 10.9. The summed E-state index contributed by atoms with van der Waals surface area (Å²) in [6.45, 7) is 1.58. The maximum atomic E-state index is 12.9. The van der Waals surface area contributed by atoms with Crippen LogP contribution < -0.4 is 5.73 Å². The maximum Gasteiger partial charge on any atom is 0.253 e. The van der Waals surface area contributed by atoms with Crippen LogP contribution in [-0.2, 0) is 0 Å². The van der Waals surface area contributed by atoms with E-state index in [-0.39, 0.29) is 11.7 Å². The van der Waals surface area contributed by atoms with Crippen molar-refractivity contribution < 1.29 is 9.18 Å². The lowest BCUT2D eigenvalue weighted by atomic mass is 9.75. The highest BCUT2D eigenvalue weighted by Gasteiger charge is 2.35. The van der Waals surface area contributed by atoms with Gasteiger partial charge in [0.15, 0.2) is 0 Å². The first kappa shape index (κ1) is 12.6. The first-order valence-corrected chi connectivity index (χ1v) is 6.92. The van der Waals surface area contributed by atoms with E-state index in [0.717, 1.165) is 25.9 Å². The molecule has 1 heterocycles. The molecular weight excluding hydrogens is 243 g/mol. The fourth-order valence-corrected chi connectivity index (χ4v) is 3.55. The van der Waals surface area contributed by atoms with Gasteiger partial charge >= 0.3 is 0 Å². The highest BCUT2D eigenvalue weighted by atomic mass is 19.1. The minimum Gasteiger partial charge on any atom is -0.338 e. The van der Waals surface area contributed by atoms with Gasteiger partial charge in [-0.2, -0.15) is 0 Å². The summed E-state index contributed by atoms with van der Waals surface area (Å²) in [4.78, 5) is 14.3. The van der Waals surface area contributed by atoms with Gasteiger partial charge in [-0.3, -0.25) is 4.79 Å². The van der Waals surface area contributed by atoms with Gasteiger partial charge in [0.25, 0.3) is 5.91 Å². The average Bonchev–Trinajstić information content (AvgIpc) is 2.37. The normalized spacial score (nSPS) is 30.2. The van der Waals surface area contributed by atoms with Crippen LogP contribution >= 0.6 is 0 Å². The van der Waals surface area contributed by atoms with E-state index in [0.29, 0.717) is 23.4 Å². The number of carbonyl (C=O) groups is 1. The SMILES string of the molecule is NC1CC2CC(C1)CN(C(=O)c1ccc(F)cc1)C2. The van der Waals surface area contributed by atoms with Gasteiger partial charge in [-0.25, -0.2) is 4.39 Å². The topological polar surface area (TPSA) is 46.3 Å². The van der Waals surface area contributed by atoms with Gasteiger partial charge in [-0.05, 0) is 55.4 Å². The molecule has 1 amide bonds. The van der Waals surface area contributed by atoms with E-state index >= 15 is 0 Å². The molecule has 2 aliphatic rings. The fraction of sp³-hybridized carbons (Fsp3) is 0.533. The van der Waals surface area contributed by atoms with E-state index in [4.69, 9.17) is 5.73 Å². The third-order valence-electron chi connectivity index (χ3n) is 4.27. The number of piperidine rings is 1. The van der Waals surface area contributed by atoms with E-state index in [1.807, 2.05) is 4.90 Å². The quantitative estimate of drug-likeness (QED) is 0.841. The van der Waals surface area contributed by atoms with Crippen LogP contribution in [0.5, 0.6) is 0 Å². The average molecular weight is 262 g/mol. The third kappa shape index (κ3) is 2.63. The smallest absolute Gasteiger partial charge is 0.253 e. The number of carbonyl (C=O) groups excluding carboxylic acids is 1. The van der Waals surface area contributed by atoms with Gasteiger partial charge in [0, 0.05) is 24.7 Å². The molecule has 19 heavy (non-hydrogen) atoms. The number of likely N-dealkylation sites (tertiary alicyclic amines) is 1. The van der Waals surface area contributed by atoms with Gasteiger partial charge in [0.1, 0.15) is 5.82 Å². The predicted octanol–water partition coefficient (Wildman–Crippen LogP) is 2.03. The zero-order chi connectivity index (χ0) is 13.4. The van der Waals surface area contributed by atoms with Crippen molar-refractivity contribution in [3.8, 4) is 0 Å². The Labute approximate surface area is 112 Å². The first-order chi connectivity index (χ1) is 9.11. The second-order valence-corrected chi connectivity index (χ2v) is 5.92. The predicted molar refractivity (Wildman–Crippen MR) is 71.1 cm³/mol. The van der Waals surface area contributed by atoms with E-state index < -0.39 is 0 Å². The van der Waals surface area contributed by atoms with Crippen molar-refractivity contribution in [3.63, 3.8) is 0 Å². The van der Waals surface area contributed by atoms with Crippen LogP contribution in [0.15, 0.2) is 24.3 Å². The van der Waals surface area contributed by atoms with Gasteiger partial charge in [-0.15, -0.1) is 0 Å². The van der Waals surface area contributed by atoms with Crippen molar-refractivity contribution in [2.24, 2.45) is 17.6 Å². The molecule has 3 nitrogen and oxygen atoms in total. The van der Waals surface area contributed by atoms with Gasteiger partial charge < -0.3 is 10.6 Å². The molecule has 2 N–H and O–H groups in total. The largest absolute Gasteiger partial charge is 0.338 e. The molecule has 1 aromatic carbocycles. The van der Waals surface area contributed by atoms with E-state index in [1.165, 1.54) is 18.6 Å². The molecule has 3 rings (SSSR count). The van der Waals surface area contributed by atoms with Crippen LogP contribution in [0.4, 0.5) is 4.39 Å². The Morgan fingerprint density at radius 2 is 1.68 bits per heavy atom. The number of nitrogens with zero attached hydrogens (tertiary/aromatic N) is 1. The zero-order valence-electron chi connectivity index (χ0n) is 10.9. The molecule has 1 saturated carbocycles. The highest BCUT2D eigenvalue weighted by molar-refractivity contribution is 5.94. The lowest BCUT2D eigenvalue weighted by Crippen LogP contribution is -2.49. The fourth-order valence-electron chi connectivity index (χ4n) is 3.55. The summed E-state index contributed by atoms with van der Waals surface area (Å²) < 4.78 is 12.9. The van der Waals surface area contributed by atoms with Crippen molar-refractivity contribution in [3.05, 3.63) is 35.6 Å². The number of benzene rings is 1. The highest BCUT2D eigenvalue weighted by Crippen LogP contribution is 2.34. The molecule has 2 bridgehead atoms. The molecule has 1 aromatic rings. The van der Waals surface area contributed by atoms with Crippen LogP contribution in [0.3, 0.4) is 0 Å². The minimum absolute atomic E-state index is 0.0187. The van der Waals surface area contributed by atoms with Crippen LogP contribution in [0.1, 0.15) is 29.6 Å². The molecule has 1 aliphatic carbocycles. The van der Waals surface area contributed by atoms with Crippen LogP contribution in [0, 0.1) is 17.7 Å². The number of hydrogen-bond acceptors (Lipinski definition) is 2. The Morgan fingerprint density at radius 3 is 2.26 bits per heavy atom. The third-order valence-corrected chi connectivity index (χ3v) is 4.27. The summed E-state index contributed by atoms with van der Waals surface area (Å²) in [7, 11) is 0. The number of nitrogens with two attached hydrogens (primary N) is 1. The van der Waals surface area contributed by atoms with Crippen molar-refractivity contribution in [2.75, 3.05) is 13.1 Å². The van der Waals surface area contributed by atoms with Crippen LogP contribution in [0.2, 0.25) is 0 Å². The number of hydrogen-bond donors (Lipinski definition) is 1. The molecule has 2 atom stereocenters. The first-order valence-electron chi connectivity index (χ1n) is 6.92. The summed E-state index contributed by atoms with van der Waals surface area (Å²) in [6, 6.07) is 6.11. The van der Waals surface area contributed by atoms with Gasteiger partial charge in [0.2, 0.25) is 0 Å². The van der Waals surface area contributed by atoms with Crippen molar-refractivity contribution in [2.45, 2.75) is 25.3 Å².